The third kappa shape index (κ3) is 5.35. The molecule has 0 radical (unpaired) electrons. The van der Waals surface area contributed by atoms with Crippen molar-refractivity contribution in [3.63, 3.8) is 0 Å². The number of methoxy groups -OCH3 is 1. The van der Waals surface area contributed by atoms with Crippen LogP contribution in [0, 0.1) is 5.92 Å². The van der Waals surface area contributed by atoms with E-state index in [9.17, 15) is 14.6 Å². The van der Waals surface area contributed by atoms with Gasteiger partial charge in [0.2, 0.25) is 0 Å². The lowest BCUT2D eigenvalue weighted by Gasteiger charge is -2.37. The molecule has 0 amide bonds. The van der Waals surface area contributed by atoms with Crippen LogP contribution in [0.1, 0.15) is 35.3 Å². The molecule has 1 fully saturated rings. The van der Waals surface area contributed by atoms with Gasteiger partial charge in [0.05, 0.1) is 13.8 Å². The number of benzene rings is 3. The number of rotatable bonds is 10. The maximum absolute atomic E-state index is 12.6. The highest BCUT2D eigenvalue weighted by Crippen LogP contribution is 2.48. The number of aliphatic hydroxyl groups is 1. The van der Waals surface area contributed by atoms with Crippen LogP contribution >= 0.6 is 0 Å². The summed E-state index contributed by atoms with van der Waals surface area (Å²) in [5.41, 5.74) is 5.92. The summed E-state index contributed by atoms with van der Waals surface area (Å²) in [6, 6.07) is 19.3. The number of phenolic OH excluding ortho intramolecular Hbond substituents is 1. The topological polar surface area (TPSA) is 71.4 Å². The van der Waals surface area contributed by atoms with Crippen LogP contribution in [0.3, 0.4) is 0 Å². The number of allylic oxidation sites excluding steroid dienone is 1. The molecule has 0 unspecified atom stereocenters. The van der Waals surface area contributed by atoms with Crippen molar-refractivity contribution in [3.05, 3.63) is 82.9 Å². The molecule has 0 spiro atoms. The molecule has 3 aromatic rings. The fourth-order valence-electron chi connectivity index (χ4n) is 5.22. The first kappa shape index (κ1) is 26.1. The minimum Gasteiger partial charge on any atom is -0.504 e. The zero-order valence-corrected chi connectivity index (χ0v) is 21.8. The van der Waals surface area contributed by atoms with E-state index in [2.05, 4.69) is 17.9 Å². The smallest absolute Gasteiger partial charge is 0.161 e. The quantitative estimate of drug-likeness (QED) is 0.380. The Bertz CT molecular complexity index is 1300. The van der Waals surface area contributed by atoms with E-state index >= 15 is 0 Å². The Labute approximate surface area is 222 Å². The first-order valence-electron chi connectivity index (χ1n) is 13.0. The third-order valence-electron chi connectivity index (χ3n) is 7.36. The van der Waals surface area contributed by atoms with Gasteiger partial charge in [0.1, 0.15) is 24.2 Å². The highest BCUT2D eigenvalue weighted by atomic mass is 19.1. The van der Waals surface area contributed by atoms with Gasteiger partial charge >= 0.3 is 0 Å². The molecule has 5 rings (SSSR count). The van der Waals surface area contributed by atoms with Crippen molar-refractivity contribution in [1.82, 2.24) is 4.90 Å². The molecule has 2 N–H and O–H groups in total. The zero-order valence-electron chi connectivity index (χ0n) is 21.8. The third-order valence-corrected chi connectivity index (χ3v) is 7.36. The van der Waals surface area contributed by atoms with Crippen molar-refractivity contribution in [2.24, 2.45) is 5.92 Å². The van der Waals surface area contributed by atoms with E-state index in [1.807, 2.05) is 48.5 Å². The van der Waals surface area contributed by atoms with E-state index in [0.717, 1.165) is 64.5 Å². The van der Waals surface area contributed by atoms with Crippen molar-refractivity contribution in [2.75, 3.05) is 46.6 Å². The largest absolute Gasteiger partial charge is 0.504 e. The second-order valence-electron chi connectivity index (χ2n) is 9.92. The Morgan fingerprint density at radius 1 is 1.05 bits per heavy atom. The number of aliphatic hydroxyl groups excluding tert-OH is 1. The van der Waals surface area contributed by atoms with Crippen LogP contribution in [0.25, 0.3) is 11.1 Å². The normalized spacial score (nSPS) is 17.5. The molecule has 3 aromatic carbocycles. The molecule has 6 nitrogen and oxygen atoms in total. The lowest BCUT2D eigenvalue weighted by atomic mass is 9.85. The number of hydrogen-bond donors (Lipinski definition) is 2. The summed E-state index contributed by atoms with van der Waals surface area (Å²) in [6.45, 7) is 4.86. The fraction of sp³-hybridized carbons (Fsp3) is 0.355. The van der Waals surface area contributed by atoms with E-state index in [1.165, 1.54) is 7.11 Å². The monoisotopic (exact) mass is 519 g/mol. The van der Waals surface area contributed by atoms with Crippen LogP contribution in [0.15, 0.2) is 60.7 Å². The number of hydrogen-bond acceptors (Lipinski definition) is 6. The summed E-state index contributed by atoms with van der Waals surface area (Å²) in [6.07, 6.45) is 0.190. The van der Waals surface area contributed by atoms with Crippen LogP contribution < -0.4 is 14.2 Å². The van der Waals surface area contributed by atoms with Gasteiger partial charge in [-0.3, -0.25) is 9.29 Å². The highest BCUT2D eigenvalue weighted by Gasteiger charge is 2.30. The Balaban J connectivity index is 1.42. The molecule has 2 aliphatic heterocycles. The summed E-state index contributed by atoms with van der Waals surface area (Å²) >= 11 is 0. The minimum atomic E-state index is -0.381. The maximum atomic E-state index is 12.6. The second kappa shape index (κ2) is 11.5. The van der Waals surface area contributed by atoms with Gasteiger partial charge in [0.25, 0.3) is 0 Å². The Morgan fingerprint density at radius 3 is 2.55 bits per heavy atom. The van der Waals surface area contributed by atoms with Crippen molar-refractivity contribution in [1.29, 1.82) is 0 Å². The molecular weight excluding hydrogens is 485 g/mol. The Hall–Kier alpha value is -3.55. The number of phenols is 1. The standard InChI is InChI=1S/C31H34FNO5/c1-20-26-15-21(11-13-34)3-10-28(26)38-31(30(20)24-6-9-27(35)29(16-24)36-2)23-4-7-25(8-5-23)37-14-12-33-18-22(17-32)19-33/h3-10,15-16,22,31,34-35H,11-14,17-19H2,1-2H3/t31-/m0/s1. The van der Waals surface area contributed by atoms with E-state index in [0.29, 0.717) is 18.8 Å². The molecule has 1 atom stereocenters. The lowest BCUT2D eigenvalue weighted by molar-refractivity contribution is 0.0668. The Morgan fingerprint density at radius 2 is 1.84 bits per heavy atom. The van der Waals surface area contributed by atoms with E-state index in [1.54, 1.807) is 6.07 Å². The van der Waals surface area contributed by atoms with E-state index in [-0.39, 0.29) is 31.1 Å². The number of likely N-dealkylation sites (tertiary alicyclic amines) is 1. The van der Waals surface area contributed by atoms with Crippen LogP contribution in [0.2, 0.25) is 0 Å². The minimum absolute atomic E-state index is 0.0772. The van der Waals surface area contributed by atoms with Crippen molar-refractivity contribution in [2.45, 2.75) is 19.4 Å². The molecule has 0 aromatic heterocycles. The lowest BCUT2D eigenvalue weighted by Crippen LogP contribution is -2.49. The zero-order chi connectivity index (χ0) is 26.6. The molecule has 38 heavy (non-hydrogen) atoms. The first-order valence-corrected chi connectivity index (χ1v) is 13.0. The van der Waals surface area contributed by atoms with Crippen molar-refractivity contribution >= 4 is 11.1 Å². The van der Waals surface area contributed by atoms with E-state index < -0.39 is 0 Å². The SMILES string of the molecule is COc1cc(C2=C(C)c3cc(CCO)ccc3O[C@H]2c2ccc(OCCN3CC(CF)C3)cc2)ccc1O. The molecule has 2 heterocycles. The van der Waals surface area contributed by atoms with Crippen molar-refractivity contribution < 1.29 is 28.8 Å². The molecule has 2 aliphatic rings. The number of fused-ring (bicyclic) bond motifs is 1. The molecule has 0 aliphatic carbocycles. The van der Waals surface area contributed by atoms with Gasteiger partial charge in [-0.25, -0.2) is 0 Å². The van der Waals surface area contributed by atoms with Gasteiger partial charge in [-0.05, 0) is 72.0 Å². The van der Waals surface area contributed by atoms with Gasteiger partial charge in [0.15, 0.2) is 11.5 Å². The number of alkyl halides is 1. The molecular formula is C31H34FNO5. The van der Waals surface area contributed by atoms with Crippen LogP contribution in [0.5, 0.6) is 23.0 Å². The molecule has 0 bridgehead atoms. The number of aromatic hydroxyl groups is 1. The average Bonchev–Trinajstić information content (AvgIpc) is 2.91. The van der Waals surface area contributed by atoms with E-state index in [4.69, 9.17) is 14.2 Å². The molecule has 0 saturated carbocycles. The van der Waals surface area contributed by atoms with Crippen molar-refractivity contribution in [3.8, 4) is 23.0 Å². The maximum Gasteiger partial charge on any atom is 0.161 e. The van der Waals surface area contributed by atoms with Crippen LogP contribution in [-0.4, -0.2) is 61.7 Å². The van der Waals surface area contributed by atoms with Crippen LogP contribution in [0.4, 0.5) is 4.39 Å². The molecule has 200 valence electrons. The summed E-state index contributed by atoms with van der Waals surface area (Å²) in [5, 5.41) is 19.6. The second-order valence-corrected chi connectivity index (χ2v) is 9.92. The first-order chi connectivity index (χ1) is 18.5. The van der Waals surface area contributed by atoms with Gasteiger partial charge in [-0.1, -0.05) is 24.3 Å². The predicted molar refractivity (Wildman–Crippen MR) is 146 cm³/mol. The average molecular weight is 520 g/mol. The van der Waals surface area contributed by atoms with Gasteiger partial charge < -0.3 is 24.4 Å². The highest BCUT2D eigenvalue weighted by molar-refractivity contribution is 5.96. The summed E-state index contributed by atoms with van der Waals surface area (Å²) in [5.74, 6) is 2.20. The molecule has 1 saturated heterocycles. The van der Waals surface area contributed by atoms with Gasteiger partial charge in [-0.15, -0.1) is 0 Å². The van der Waals surface area contributed by atoms with Gasteiger partial charge in [0, 0.05) is 43.3 Å². The molecule has 7 heteroatoms. The number of ether oxygens (including phenoxy) is 3. The fourth-order valence-corrected chi connectivity index (χ4v) is 5.22. The summed E-state index contributed by atoms with van der Waals surface area (Å²) in [4.78, 5) is 2.20. The van der Waals surface area contributed by atoms with Gasteiger partial charge in [-0.2, -0.15) is 0 Å². The predicted octanol–water partition coefficient (Wildman–Crippen LogP) is 5.28. The number of nitrogens with zero attached hydrogens (tertiary/aromatic N) is 1. The summed E-state index contributed by atoms with van der Waals surface area (Å²) in [7, 11) is 1.53. The summed E-state index contributed by atoms with van der Waals surface area (Å²) < 4.78 is 30.6. The number of halogens is 1. The Kier molecular flexibility index (Phi) is 7.86. The van der Waals surface area contributed by atoms with Crippen LogP contribution in [-0.2, 0) is 6.42 Å².